The summed E-state index contributed by atoms with van der Waals surface area (Å²) in [6, 6.07) is 6.35. The first-order chi connectivity index (χ1) is 14.1. The van der Waals surface area contributed by atoms with Crippen molar-refractivity contribution in [3.05, 3.63) is 29.8 Å². The SMILES string of the molecule is CC(C(=O)O)N(C)C.CCCCCCCCCCCCc1ccccc1S(=O)(=O)O. The number of hydrogen-bond acceptors (Lipinski definition) is 4. The molecule has 1 rings (SSSR count). The molecule has 1 aromatic rings. The van der Waals surface area contributed by atoms with E-state index in [1.807, 2.05) is 6.07 Å². The van der Waals surface area contributed by atoms with Gasteiger partial charge in [-0.1, -0.05) is 82.9 Å². The number of hydrogen-bond donors (Lipinski definition) is 2. The van der Waals surface area contributed by atoms with Crippen molar-refractivity contribution in [1.82, 2.24) is 4.90 Å². The molecule has 0 aliphatic carbocycles. The Morgan fingerprint density at radius 2 is 1.40 bits per heavy atom. The highest BCUT2D eigenvalue weighted by molar-refractivity contribution is 7.85. The molecule has 7 heteroatoms. The number of carbonyl (C=O) groups is 1. The summed E-state index contributed by atoms with van der Waals surface area (Å²) in [6.07, 6.45) is 13.3. The first-order valence-electron chi connectivity index (χ1n) is 11.1. The van der Waals surface area contributed by atoms with Crippen molar-refractivity contribution < 1.29 is 22.9 Å². The Morgan fingerprint density at radius 3 is 1.80 bits per heavy atom. The molecule has 0 fully saturated rings. The van der Waals surface area contributed by atoms with E-state index < -0.39 is 16.1 Å². The smallest absolute Gasteiger partial charge is 0.320 e. The molecule has 1 atom stereocenters. The second kappa shape index (κ2) is 16.3. The van der Waals surface area contributed by atoms with Crippen LogP contribution in [0.5, 0.6) is 0 Å². The maximum absolute atomic E-state index is 11.3. The van der Waals surface area contributed by atoms with E-state index in [0.29, 0.717) is 6.42 Å². The summed E-state index contributed by atoms with van der Waals surface area (Å²) in [4.78, 5) is 11.8. The molecule has 6 nitrogen and oxygen atoms in total. The van der Waals surface area contributed by atoms with Crippen LogP contribution in [0.3, 0.4) is 0 Å². The van der Waals surface area contributed by atoms with Crippen LogP contribution in [0.4, 0.5) is 0 Å². The highest BCUT2D eigenvalue weighted by Gasteiger charge is 2.14. The summed E-state index contributed by atoms with van der Waals surface area (Å²) in [5.41, 5.74) is 0.726. The van der Waals surface area contributed by atoms with Gasteiger partial charge in [0.25, 0.3) is 10.1 Å². The van der Waals surface area contributed by atoms with E-state index in [9.17, 15) is 17.8 Å². The number of aliphatic carboxylic acids is 1. The Bertz CT molecular complexity index is 689. The quantitative estimate of drug-likeness (QED) is 0.294. The lowest BCUT2D eigenvalue weighted by Crippen LogP contribution is -2.32. The van der Waals surface area contributed by atoms with E-state index in [-0.39, 0.29) is 10.9 Å². The minimum absolute atomic E-state index is 0.0610. The fourth-order valence-electron chi connectivity index (χ4n) is 2.99. The number of aryl methyl sites for hydroxylation is 1. The first-order valence-corrected chi connectivity index (χ1v) is 12.5. The van der Waals surface area contributed by atoms with E-state index in [2.05, 4.69) is 6.92 Å². The lowest BCUT2D eigenvalue weighted by molar-refractivity contribution is -0.141. The van der Waals surface area contributed by atoms with Crippen LogP contribution < -0.4 is 0 Å². The van der Waals surface area contributed by atoms with Crippen molar-refractivity contribution in [3.8, 4) is 0 Å². The third-order valence-electron chi connectivity index (χ3n) is 5.18. The maximum atomic E-state index is 11.3. The second-order valence-electron chi connectivity index (χ2n) is 7.99. The molecule has 0 spiro atoms. The molecule has 30 heavy (non-hydrogen) atoms. The molecular weight excluding hydrogens is 402 g/mol. The lowest BCUT2D eigenvalue weighted by Gasteiger charge is -2.13. The Morgan fingerprint density at radius 1 is 0.933 bits per heavy atom. The number of benzene rings is 1. The van der Waals surface area contributed by atoms with E-state index >= 15 is 0 Å². The van der Waals surface area contributed by atoms with E-state index in [1.165, 1.54) is 57.4 Å². The first kappa shape index (κ1) is 28.6. The zero-order valence-corrected chi connectivity index (χ0v) is 20.0. The monoisotopic (exact) mass is 443 g/mol. The number of likely N-dealkylation sites (N-methyl/N-ethyl adjacent to an activating group) is 1. The van der Waals surface area contributed by atoms with Crippen LogP contribution >= 0.6 is 0 Å². The van der Waals surface area contributed by atoms with Crippen LogP contribution in [-0.4, -0.2) is 49.1 Å². The van der Waals surface area contributed by atoms with Gasteiger partial charge in [0.2, 0.25) is 0 Å². The molecule has 1 unspecified atom stereocenters. The fourth-order valence-corrected chi connectivity index (χ4v) is 3.74. The number of carboxylic acid groups (broad SMARTS) is 1. The Hall–Kier alpha value is -1.44. The van der Waals surface area contributed by atoms with Gasteiger partial charge in [-0.25, -0.2) is 0 Å². The van der Waals surface area contributed by atoms with Crippen molar-refractivity contribution in [2.45, 2.75) is 95.4 Å². The van der Waals surface area contributed by atoms with Crippen molar-refractivity contribution in [2.24, 2.45) is 0 Å². The summed E-state index contributed by atoms with van der Waals surface area (Å²) in [5, 5.41) is 8.31. The van der Waals surface area contributed by atoms with Crippen molar-refractivity contribution in [3.63, 3.8) is 0 Å². The molecular formula is C23H41NO5S. The minimum atomic E-state index is -4.10. The molecule has 2 N–H and O–H groups in total. The van der Waals surface area contributed by atoms with Crippen LogP contribution in [-0.2, 0) is 21.3 Å². The molecule has 0 aliphatic rings. The van der Waals surface area contributed by atoms with Crippen LogP contribution in [0.15, 0.2) is 29.2 Å². The molecule has 0 aliphatic heterocycles. The van der Waals surface area contributed by atoms with Crippen molar-refractivity contribution in [2.75, 3.05) is 14.1 Å². The third-order valence-corrected chi connectivity index (χ3v) is 6.14. The fraction of sp³-hybridized carbons (Fsp3) is 0.696. The van der Waals surface area contributed by atoms with E-state index in [0.717, 1.165) is 18.4 Å². The topological polar surface area (TPSA) is 94.9 Å². The van der Waals surface area contributed by atoms with Crippen LogP contribution in [0.1, 0.15) is 83.6 Å². The number of nitrogens with zero attached hydrogens (tertiary/aromatic N) is 1. The highest BCUT2D eigenvalue weighted by atomic mass is 32.2. The van der Waals surface area contributed by atoms with E-state index in [1.54, 1.807) is 38.1 Å². The molecule has 0 bridgehead atoms. The van der Waals surface area contributed by atoms with Gasteiger partial charge in [-0.3, -0.25) is 14.2 Å². The molecule has 0 saturated carbocycles. The zero-order chi connectivity index (χ0) is 23.0. The maximum Gasteiger partial charge on any atom is 0.320 e. The molecule has 0 amide bonds. The number of unbranched alkanes of at least 4 members (excludes halogenated alkanes) is 9. The van der Waals surface area contributed by atoms with Gasteiger partial charge in [-0.05, 0) is 45.5 Å². The van der Waals surface area contributed by atoms with Gasteiger partial charge in [0.1, 0.15) is 6.04 Å². The van der Waals surface area contributed by atoms with E-state index in [4.69, 9.17) is 5.11 Å². The Kier molecular flexibility index (Phi) is 15.5. The summed E-state index contributed by atoms with van der Waals surface area (Å²) in [6.45, 7) is 3.88. The average Bonchev–Trinajstić information content (AvgIpc) is 2.68. The van der Waals surface area contributed by atoms with Gasteiger partial charge < -0.3 is 5.11 Å². The van der Waals surface area contributed by atoms with Gasteiger partial charge in [0.15, 0.2) is 0 Å². The number of carboxylic acids is 1. The van der Waals surface area contributed by atoms with Gasteiger partial charge in [-0.15, -0.1) is 0 Å². The van der Waals surface area contributed by atoms with Gasteiger partial charge >= 0.3 is 5.97 Å². The predicted octanol–water partition coefficient (Wildman–Crippen LogP) is 5.42. The Labute approximate surface area is 183 Å². The molecule has 0 aromatic heterocycles. The van der Waals surface area contributed by atoms with Gasteiger partial charge in [0.05, 0.1) is 4.90 Å². The van der Waals surface area contributed by atoms with Crippen LogP contribution in [0.2, 0.25) is 0 Å². The van der Waals surface area contributed by atoms with Gasteiger partial charge in [0, 0.05) is 0 Å². The minimum Gasteiger partial charge on any atom is -0.480 e. The Balaban J connectivity index is 0.000000890. The number of rotatable bonds is 14. The largest absolute Gasteiger partial charge is 0.480 e. The van der Waals surface area contributed by atoms with Gasteiger partial charge in [-0.2, -0.15) is 8.42 Å². The summed E-state index contributed by atoms with van der Waals surface area (Å²) >= 11 is 0. The van der Waals surface area contributed by atoms with Crippen LogP contribution in [0, 0.1) is 0 Å². The summed E-state index contributed by atoms with van der Waals surface area (Å²) in [7, 11) is -0.626. The molecule has 0 saturated heterocycles. The molecule has 0 radical (unpaired) electrons. The summed E-state index contributed by atoms with van der Waals surface area (Å²) in [5.74, 6) is -0.782. The molecule has 174 valence electrons. The van der Waals surface area contributed by atoms with Crippen LogP contribution in [0.25, 0.3) is 0 Å². The highest BCUT2D eigenvalue weighted by Crippen LogP contribution is 2.18. The standard InChI is InChI=1S/C18H30O3S.C5H11NO2/c1-2-3-4-5-6-7-8-9-10-11-14-17-15-12-13-16-18(17)22(19,20)21;1-4(5(7)8)6(2)3/h12-13,15-16H,2-11,14H2,1H3,(H,19,20,21);4H,1-3H3,(H,7,8). The zero-order valence-electron chi connectivity index (χ0n) is 19.1. The average molecular weight is 444 g/mol. The summed E-state index contributed by atoms with van der Waals surface area (Å²) < 4.78 is 31.8. The predicted molar refractivity (Wildman–Crippen MR) is 123 cm³/mol. The molecule has 1 aromatic carbocycles. The second-order valence-corrected chi connectivity index (χ2v) is 9.38. The van der Waals surface area contributed by atoms with Crippen molar-refractivity contribution >= 4 is 16.1 Å². The lowest BCUT2D eigenvalue weighted by atomic mass is 10.0. The molecule has 0 heterocycles. The van der Waals surface area contributed by atoms with Crippen molar-refractivity contribution in [1.29, 1.82) is 0 Å². The normalized spacial score (nSPS) is 12.3. The third kappa shape index (κ3) is 13.7.